The molecule has 1 aliphatic heterocycles. The van der Waals surface area contributed by atoms with Crippen molar-refractivity contribution in [1.82, 2.24) is 0 Å². The minimum absolute atomic E-state index is 0.0528. The average molecular weight is 348 g/mol. The van der Waals surface area contributed by atoms with Crippen molar-refractivity contribution in [3.63, 3.8) is 0 Å². The number of aliphatic hydroxyl groups excluding tert-OH is 1. The summed E-state index contributed by atoms with van der Waals surface area (Å²) in [7, 11) is 0. The highest BCUT2D eigenvalue weighted by atomic mass is 16.6. The molecular formula is C19H24O6. The Morgan fingerprint density at radius 3 is 2.80 bits per heavy atom. The van der Waals surface area contributed by atoms with E-state index in [0.717, 1.165) is 5.57 Å². The van der Waals surface area contributed by atoms with Crippen molar-refractivity contribution in [1.29, 1.82) is 0 Å². The van der Waals surface area contributed by atoms with Gasteiger partial charge in [0.15, 0.2) is 5.78 Å². The van der Waals surface area contributed by atoms with Crippen molar-refractivity contribution in [3.05, 3.63) is 35.5 Å². The van der Waals surface area contributed by atoms with E-state index in [1.807, 2.05) is 0 Å². The van der Waals surface area contributed by atoms with Crippen LogP contribution in [-0.2, 0) is 23.9 Å². The van der Waals surface area contributed by atoms with Gasteiger partial charge in [0.1, 0.15) is 12.7 Å². The molecule has 2 aliphatic rings. The van der Waals surface area contributed by atoms with E-state index in [0.29, 0.717) is 18.4 Å². The number of aliphatic hydroxyl groups is 1. The van der Waals surface area contributed by atoms with Crippen LogP contribution in [-0.4, -0.2) is 42.1 Å². The lowest BCUT2D eigenvalue weighted by Gasteiger charge is -2.18. The van der Waals surface area contributed by atoms with Crippen molar-refractivity contribution in [2.75, 3.05) is 13.2 Å². The molecule has 0 aromatic rings. The van der Waals surface area contributed by atoms with Crippen LogP contribution in [0.4, 0.5) is 0 Å². The van der Waals surface area contributed by atoms with Crippen LogP contribution in [0, 0.1) is 11.8 Å². The summed E-state index contributed by atoms with van der Waals surface area (Å²) in [4.78, 5) is 35.8. The molecule has 6 heteroatoms. The summed E-state index contributed by atoms with van der Waals surface area (Å²) in [5, 5.41) is 9.41. The van der Waals surface area contributed by atoms with E-state index >= 15 is 0 Å². The molecule has 0 saturated carbocycles. The maximum Gasteiger partial charge on any atom is 0.334 e. The lowest BCUT2D eigenvalue weighted by Crippen LogP contribution is -2.22. The molecule has 25 heavy (non-hydrogen) atoms. The van der Waals surface area contributed by atoms with Crippen LogP contribution in [0.1, 0.15) is 33.1 Å². The second kappa shape index (κ2) is 8.25. The number of fused-ring (bicyclic) bond motifs is 1. The summed E-state index contributed by atoms with van der Waals surface area (Å²) in [5.74, 6) is -1.73. The number of hydrogen-bond donors (Lipinski definition) is 1. The molecule has 2 rings (SSSR count). The number of Topliss-reactive ketones (excluding diaryl/α,β-unsaturated/α-hetero) is 1. The van der Waals surface area contributed by atoms with Crippen molar-refractivity contribution < 1.29 is 29.0 Å². The third kappa shape index (κ3) is 4.66. The Morgan fingerprint density at radius 1 is 1.44 bits per heavy atom. The monoisotopic (exact) mass is 348 g/mol. The molecule has 2 atom stereocenters. The SMILES string of the molecule is C=C1C(=O)OC2C=C(COC(=O)C(C)C)CCC=C(CO)C(=O)CC12. The molecule has 1 fully saturated rings. The van der Waals surface area contributed by atoms with Crippen molar-refractivity contribution in [2.24, 2.45) is 11.8 Å². The Hall–Kier alpha value is -2.21. The molecule has 0 spiro atoms. The third-order valence-electron chi connectivity index (χ3n) is 4.41. The molecule has 0 radical (unpaired) electrons. The van der Waals surface area contributed by atoms with Gasteiger partial charge in [0.2, 0.25) is 0 Å². The van der Waals surface area contributed by atoms with Crippen LogP contribution in [0.5, 0.6) is 0 Å². The Balaban J connectivity index is 2.25. The van der Waals surface area contributed by atoms with Gasteiger partial charge in [-0.15, -0.1) is 0 Å². The number of carbonyl (C=O) groups is 3. The van der Waals surface area contributed by atoms with Gasteiger partial charge >= 0.3 is 11.9 Å². The second-order valence-electron chi connectivity index (χ2n) is 6.64. The van der Waals surface area contributed by atoms with Gasteiger partial charge < -0.3 is 14.6 Å². The summed E-state index contributed by atoms with van der Waals surface area (Å²) in [6.45, 7) is 7.00. The zero-order valence-corrected chi connectivity index (χ0v) is 14.6. The largest absolute Gasteiger partial charge is 0.461 e. The average Bonchev–Trinajstić information content (AvgIpc) is 2.83. The van der Waals surface area contributed by atoms with Crippen LogP contribution >= 0.6 is 0 Å². The predicted octanol–water partition coefficient (Wildman–Crippen LogP) is 1.88. The van der Waals surface area contributed by atoms with Gasteiger partial charge in [0.05, 0.1) is 12.5 Å². The first-order valence-electron chi connectivity index (χ1n) is 8.42. The molecule has 1 aliphatic carbocycles. The van der Waals surface area contributed by atoms with E-state index in [1.165, 1.54) is 0 Å². The standard InChI is InChI=1S/C19H24O6/c1-11(2)18(22)24-10-13-5-4-6-14(9-20)16(21)8-15-12(3)19(23)25-17(15)7-13/h6-7,11,15,17,20H,3-5,8-10H2,1-2H3. The van der Waals surface area contributed by atoms with Crippen molar-refractivity contribution in [2.45, 2.75) is 39.2 Å². The van der Waals surface area contributed by atoms with Gasteiger partial charge in [0.25, 0.3) is 0 Å². The molecule has 0 aromatic heterocycles. The van der Waals surface area contributed by atoms with Gasteiger partial charge in [-0.1, -0.05) is 26.5 Å². The number of rotatable bonds is 4. The van der Waals surface area contributed by atoms with E-state index in [2.05, 4.69) is 6.58 Å². The van der Waals surface area contributed by atoms with E-state index < -0.39 is 18.0 Å². The number of hydrogen-bond acceptors (Lipinski definition) is 6. The highest BCUT2D eigenvalue weighted by Crippen LogP contribution is 2.33. The summed E-state index contributed by atoms with van der Waals surface area (Å²) in [5.41, 5.74) is 1.40. The van der Waals surface area contributed by atoms with Crippen LogP contribution in [0.2, 0.25) is 0 Å². The van der Waals surface area contributed by atoms with Crippen molar-refractivity contribution >= 4 is 17.7 Å². The quantitative estimate of drug-likeness (QED) is 0.474. The van der Waals surface area contributed by atoms with Crippen LogP contribution in [0.25, 0.3) is 0 Å². The van der Waals surface area contributed by atoms with Gasteiger partial charge in [-0.3, -0.25) is 9.59 Å². The molecular weight excluding hydrogens is 324 g/mol. The maximum absolute atomic E-state index is 12.3. The summed E-state index contributed by atoms with van der Waals surface area (Å²) in [6, 6.07) is 0. The molecule has 0 amide bonds. The lowest BCUT2D eigenvalue weighted by molar-refractivity contribution is -0.146. The van der Waals surface area contributed by atoms with E-state index in [1.54, 1.807) is 26.0 Å². The lowest BCUT2D eigenvalue weighted by atomic mass is 9.87. The highest BCUT2D eigenvalue weighted by Gasteiger charge is 2.39. The third-order valence-corrected chi connectivity index (χ3v) is 4.41. The number of ether oxygens (including phenoxy) is 2. The van der Waals surface area contributed by atoms with Gasteiger partial charge in [-0.2, -0.15) is 0 Å². The summed E-state index contributed by atoms with van der Waals surface area (Å²) >= 11 is 0. The minimum Gasteiger partial charge on any atom is -0.461 e. The first-order chi connectivity index (χ1) is 11.8. The highest BCUT2D eigenvalue weighted by molar-refractivity contribution is 5.98. The Kier molecular flexibility index (Phi) is 6.31. The topological polar surface area (TPSA) is 89.9 Å². The Labute approximate surface area is 147 Å². The second-order valence-corrected chi connectivity index (χ2v) is 6.64. The molecule has 6 nitrogen and oxygen atoms in total. The molecule has 136 valence electrons. The van der Waals surface area contributed by atoms with Gasteiger partial charge in [-0.05, 0) is 24.5 Å². The molecule has 2 unspecified atom stereocenters. The fourth-order valence-electron chi connectivity index (χ4n) is 2.82. The van der Waals surface area contributed by atoms with Gasteiger partial charge in [0, 0.05) is 23.5 Å². The first kappa shape index (κ1) is 19.1. The number of ketones is 1. The number of esters is 2. The zero-order chi connectivity index (χ0) is 18.6. The normalized spacial score (nSPS) is 24.4. The van der Waals surface area contributed by atoms with E-state index in [-0.39, 0.29) is 42.9 Å². The minimum atomic E-state index is -0.602. The van der Waals surface area contributed by atoms with Crippen molar-refractivity contribution in [3.8, 4) is 0 Å². The Morgan fingerprint density at radius 2 is 2.16 bits per heavy atom. The molecule has 1 saturated heterocycles. The first-order valence-corrected chi connectivity index (χ1v) is 8.42. The Bertz CT molecular complexity index is 640. The number of carbonyl (C=O) groups excluding carboxylic acids is 3. The molecule has 0 bridgehead atoms. The summed E-state index contributed by atoms with van der Waals surface area (Å²) in [6.07, 6.45) is 3.97. The van der Waals surface area contributed by atoms with E-state index in [4.69, 9.17) is 9.47 Å². The molecule has 0 aromatic carbocycles. The maximum atomic E-state index is 12.3. The molecule has 1 N–H and O–H groups in total. The molecule has 1 heterocycles. The predicted molar refractivity (Wildman–Crippen MR) is 90.4 cm³/mol. The zero-order valence-electron chi connectivity index (χ0n) is 14.6. The van der Waals surface area contributed by atoms with Gasteiger partial charge in [-0.25, -0.2) is 4.79 Å². The van der Waals surface area contributed by atoms with Crippen LogP contribution in [0.3, 0.4) is 0 Å². The van der Waals surface area contributed by atoms with Crippen LogP contribution in [0.15, 0.2) is 35.5 Å². The fraction of sp³-hybridized carbons (Fsp3) is 0.526. The van der Waals surface area contributed by atoms with Crippen LogP contribution < -0.4 is 0 Å². The fourth-order valence-corrected chi connectivity index (χ4v) is 2.82. The van der Waals surface area contributed by atoms with E-state index in [9.17, 15) is 19.5 Å². The number of allylic oxidation sites excluding steroid dienone is 1. The smallest absolute Gasteiger partial charge is 0.334 e. The summed E-state index contributed by atoms with van der Waals surface area (Å²) < 4.78 is 10.6.